The van der Waals surface area contributed by atoms with Crippen molar-refractivity contribution in [3.8, 4) is 11.5 Å². The first kappa shape index (κ1) is 13.5. The van der Waals surface area contributed by atoms with E-state index in [9.17, 15) is 4.79 Å². The highest BCUT2D eigenvalue weighted by Gasteiger charge is 2.09. The van der Waals surface area contributed by atoms with E-state index >= 15 is 0 Å². The number of hydrogen-bond acceptors (Lipinski definition) is 4. The molecule has 0 aromatic heterocycles. The van der Waals surface area contributed by atoms with E-state index in [1.165, 1.54) is 0 Å². The number of carbonyl (C=O) groups excluding carboxylic acids is 1. The first-order valence-corrected chi connectivity index (χ1v) is 5.67. The number of nitrogens with two attached hydrogens (primary N) is 1. The summed E-state index contributed by atoms with van der Waals surface area (Å²) in [4.78, 5) is 11.9. The van der Waals surface area contributed by atoms with Gasteiger partial charge in [-0.2, -0.15) is 0 Å². The van der Waals surface area contributed by atoms with Crippen molar-refractivity contribution in [2.45, 2.75) is 19.3 Å². The van der Waals surface area contributed by atoms with Gasteiger partial charge in [-0.3, -0.25) is 4.79 Å². The molecule has 0 aliphatic carbocycles. The normalized spacial score (nSPS) is 10.1. The lowest BCUT2D eigenvalue weighted by Crippen LogP contribution is -2.03. The van der Waals surface area contributed by atoms with Gasteiger partial charge < -0.3 is 15.2 Å². The summed E-state index contributed by atoms with van der Waals surface area (Å²) in [6, 6.07) is 5.21. The minimum Gasteiger partial charge on any atom is -0.497 e. The molecule has 0 fully saturated rings. The third-order valence-corrected chi connectivity index (χ3v) is 2.53. The summed E-state index contributed by atoms with van der Waals surface area (Å²) in [6.07, 6.45) is 2.19. The van der Waals surface area contributed by atoms with Gasteiger partial charge in [0.2, 0.25) is 0 Å². The molecule has 1 aromatic carbocycles. The van der Waals surface area contributed by atoms with Crippen LogP contribution in [0.15, 0.2) is 18.2 Å². The van der Waals surface area contributed by atoms with Crippen molar-refractivity contribution < 1.29 is 14.3 Å². The minimum atomic E-state index is 0.0932. The van der Waals surface area contributed by atoms with Crippen LogP contribution in [0.3, 0.4) is 0 Å². The number of Topliss-reactive ketones (excluding diaryl/α,β-unsaturated/α-hetero) is 1. The van der Waals surface area contributed by atoms with Crippen LogP contribution in [0.25, 0.3) is 0 Å². The molecule has 0 heterocycles. The first-order valence-electron chi connectivity index (χ1n) is 5.67. The fraction of sp³-hybridized carbons (Fsp3) is 0.462. The van der Waals surface area contributed by atoms with Crippen LogP contribution in [-0.2, 0) is 0 Å². The van der Waals surface area contributed by atoms with Gasteiger partial charge in [-0.1, -0.05) is 0 Å². The third-order valence-electron chi connectivity index (χ3n) is 2.53. The third kappa shape index (κ3) is 4.07. The molecule has 1 rings (SSSR count). The molecule has 0 atom stereocenters. The molecular formula is C13H19NO3. The second-order valence-corrected chi connectivity index (χ2v) is 3.77. The summed E-state index contributed by atoms with van der Waals surface area (Å²) in [7, 11) is 3.13. The lowest BCUT2D eigenvalue weighted by Gasteiger charge is -2.07. The maximum absolute atomic E-state index is 11.9. The summed E-state index contributed by atoms with van der Waals surface area (Å²) in [5, 5.41) is 0. The van der Waals surface area contributed by atoms with Crippen molar-refractivity contribution in [3.63, 3.8) is 0 Å². The van der Waals surface area contributed by atoms with E-state index in [-0.39, 0.29) is 5.78 Å². The van der Waals surface area contributed by atoms with E-state index in [0.29, 0.717) is 30.0 Å². The fourth-order valence-corrected chi connectivity index (χ4v) is 1.54. The Labute approximate surface area is 102 Å². The number of methoxy groups -OCH3 is 2. The standard InChI is InChI=1S/C13H19NO3/c1-16-11-7-10(8-12(9-11)17-2)13(15)5-3-4-6-14/h7-9H,3-6,14H2,1-2H3. The lowest BCUT2D eigenvalue weighted by molar-refractivity contribution is 0.0979. The second kappa shape index (κ2) is 6.91. The maximum Gasteiger partial charge on any atom is 0.163 e. The van der Waals surface area contributed by atoms with Crippen LogP contribution in [0.4, 0.5) is 0 Å². The Morgan fingerprint density at radius 2 is 1.71 bits per heavy atom. The SMILES string of the molecule is COc1cc(OC)cc(C(=O)CCCCN)c1. The molecule has 0 radical (unpaired) electrons. The Morgan fingerprint density at radius 1 is 1.12 bits per heavy atom. The van der Waals surface area contributed by atoms with Crippen molar-refractivity contribution in [1.29, 1.82) is 0 Å². The van der Waals surface area contributed by atoms with E-state index < -0.39 is 0 Å². The molecule has 0 spiro atoms. The van der Waals surface area contributed by atoms with Crippen molar-refractivity contribution in [2.24, 2.45) is 5.73 Å². The number of rotatable bonds is 7. The molecule has 0 aliphatic heterocycles. The Hall–Kier alpha value is -1.55. The number of unbranched alkanes of at least 4 members (excludes halogenated alkanes) is 1. The Kier molecular flexibility index (Phi) is 5.49. The van der Waals surface area contributed by atoms with Crippen molar-refractivity contribution in [1.82, 2.24) is 0 Å². The molecule has 0 aliphatic rings. The molecule has 0 saturated heterocycles. The molecule has 2 N–H and O–H groups in total. The quantitative estimate of drug-likeness (QED) is 0.582. The van der Waals surface area contributed by atoms with Gasteiger partial charge in [0.25, 0.3) is 0 Å². The zero-order chi connectivity index (χ0) is 12.7. The van der Waals surface area contributed by atoms with Crippen molar-refractivity contribution in [3.05, 3.63) is 23.8 Å². The Balaban J connectivity index is 2.77. The summed E-state index contributed by atoms with van der Waals surface area (Å²) in [6.45, 7) is 0.620. The van der Waals surface area contributed by atoms with Crippen LogP contribution in [0.1, 0.15) is 29.6 Å². The number of ketones is 1. The molecule has 0 bridgehead atoms. The average Bonchev–Trinajstić information content (AvgIpc) is 2.38. The van der Waals surface area contributed by atoms with Gasteiger partial charge in [-0.05, 0) is 31.5 Å². The van der Waals surface area contributed by atoms with Crippen LogP contribution in [0, 0.1) is 0 Å². The predicted molar refractivity (Wildman–Crippen MR) is 66.8 cm³/mol. The molecule has 0 saturated carbocycles. The Bertz CT molecular complexity index is 355. The molecule has 17 heavy (non-hydrogen) atoms. The molecular weight excluding hydrogens is 218 g/mol. The van der Waals surface area contributed by atoms with Crippen LogP contribution < -0.4 is 15.2 Å². The van der Waals surface area contributed by atoms with E-state index in [0.717, 1.165) is 12.8 Å². The number of benzene rings is 1. The molecule has 94 valence electrons. The van der Waals surface area contributed by atoms with E-state index in [1.54, 1.807) is 32.4 Å². The van der Waals surface area contributed by atoms with E-state index in [2.05, 4.69) is 0 Å². The zero-order valence-electron chi connectivity index (χ0n) is 10.4. The van der Waals surface area contributed by atoms with Crippen LogP contribution in [0.2, 0.25) is 0 Å². The smallest absolute Gasteiger partial charge is 0.163 e. The lowest BCUT2D eigenvalue weighted by atomic mass is 10.0. The highest BCUT2D eigenvalue weighted by atomic mass is 16.5. The van der Waals surface area contributed by atoms with Crippen LogP contribution in [0.5, 0.6) is 11.5 Å². The monoisotopic (exact) mass is 237 g/mol. The van der Waals surface area contributed by atoms with Crippen LogP contribution >= 0.6 is 0 Å². The fourth-order valence-electron chi connectivity index (χ4n) is 1.54. The van der Waals surface area contributed by atoms with E-state index in [1.807, 2.05) is 0 Å². The highest BCUT2D eigenvalue weighted by Crippen LogP contribution is 2.23. The minimum absolute atomic E-state index is 0.0932. The average molecular weight is 237 g/mol. The summed E-state index contributed by atoms with van der Waals surface area (Å²) < 4.78 is 10.2. The maximum atomic E-state index is 11.9. The molecule has 0 unspecified atom stereocenters. The van der Waals surface area contributed by atoms with Gasteiger partial charge in [0.05, 0.1) is 14.2 Å². The number of carbonyl (C=O) groups is 1. The zero-order valence-corrected chi connectivity index (χ0v) is 10.4. The van der Waals surface area contributed by atoms with Gasteiger partial charge in [0, 0.05) is 18.1 Å². The van der Waals surface area contributed by atoms with Crippen LogP contribution in [-0.4, -0.2) is 26.5 Å². The van der Waals surface area contributed by atoms with Gasteiger partial charge in [-0.25, -0.2) is 0 Å². The predicted octanol–water partition coefficient (Wildman–Crippen LogP) is 2.02. The topological polar surface area (TPSA) is 61.5 Å². The van der Waals surface area contributed by atoms with Gasteiger partial charge in [0.15, 0.2) is 5.78 Å². The molecule has 1 aromatic rings. The Morgan fingerprint density at radius 3 is 2.18 bits per heavy atom. The molecule has 4 heteroatoms. The number of hydrogen-bond donors (Lipinski definition) is 1. The summed E-state index contributed by atoms with van der Waals surface area (Å²) in [5.41, 5.74) is 6.02. The van der Waals surface area contributed by atoms with Gasteiger partial charge >= 0.3 is 0 Å². The van der Waals surface area contributed by atoms with Gasteiger partial charge in [-0.15, -0.1) is 0 Å². The largest absolute Gasteiger partial charge is 0.497 e. The van der Waals surface area contributed by atoms with Crippen molar-refractivity contribution in [2.75, 3.05) is 20.8 Å². The highest BCUT2D eigenvalue weighted by molar-refractivity contribution is 5.96. The summed E-state index contributed by atoms with van der Waals surface area (Å²) in [5.74, 6) is 1.36. The number of ether oxygens (including phenoxy) is 2. The van der Waals surface area contributed by atoms with Gasteiger partial charge in [0.1, 0.15) is 11.5 Å². The second-order valence-electron chi connectivity index (χ2n) is 3.77. The summed E-state index contributed by atoms with van der Waals surface area (Å²) >= 11 is 0. The first-order chi connectivity index (χ1) is 8.21. The molecule has 0 amide bonds. The van der Waals surface area contributed by atoms with E-state index in [4.69, 9.17) is 15.2 Å². The molecule has 4 nitrogen and oxygen atoms in total. The van der Waals surface area contributed by atoms with Crippen molar-refractivity contribution >= 4 is 5.78 Å².